The summed E-state index contributed by atoms with van der Waals surface area (Å²) in [6, 6.07) is 0. The minimum atomic E-state index is -1.03. The number of hydrogen-bond donors (Lipinski definition) is 2. The Hall–Kier alpha value is -1.30. The molecule has 1 atom stereocenters. The Morgan fingerprint density at radius 1 is 1.41 bits per heavy atom. The summed E-state index contributed by atoms with van der Waals surface area (Å²) in [5.41, 5.74) is -0.540. The van der Waals surface area contributed by atoms with Crippen LogP contribution in [0.1, 0.15) is 27.2 Å². The Morgan fingerprint density at radius 3 is 2.35 bits per heavy atom. The zero-order valence-electron chi connectivity index (χ0n) is 10.3. The van der Waals surface area contributed by atoms with Gasteiger partial charge in [0.15, 0.2) is 0 Å². The van der Waals surface area contributed by atoms with Crippen LogP contribution in [0.2, 0.25) is 0 Å². The van der Waals surface area contributed by atoms with Gasteiger partial charge in [-0.05, 0) is 20.8 Å². The van der Waals surface area contributed by atoms with E-state index in [1.807, 2.05) is 0 Å². The second-order valence-corrected chi connectivity index (χ2v) is 5.31. The standard InChI is InChI=1S/C11H19NO5/c1-11(2,3)17-10(16)12-5-7(6-12)8(13)4-9(14)15/h7-8,13H,4-6H2,1-3H3,(H,14,15). The third-order valence-electron chi connectivity index (χ3n) is 2.49. The number of rotatable bonds is 3. The molecule has 0 spiro atoms. The van der Waals surface area contributed by atoms with Crippen LogP contribution in [0.25, 0.3) is 0 Å². The molecule has 17 heavy (non-hydrogen) atoms. The van der Waals surface area contributed by atoms with Gasteiger partial charge in [-0.3, -0.25) is 4.79 Å². The number of ether oxygens (including phenoxy) is 1. The molecule has 1 amide bonds. The van der Waals surface area contributed by atoms with Crippen molar-refractivity contribution in [1.29, 1.82) is 0 Å². The molecular formula is C11H19NO5. The van der Waals surface area contributed by atoms with Crippen molar-refractivity contribution in [3.63, 3.8) is 0 Å². The van der Waals surface area contributed by atoms with Crippen molar-refractivity contribution < 1.29 is 24.5 Å². The third-order valence-corrected chi connectivity index (χ3v) is 2.49. The minimum Gasteiger partial charge on any atom is -0.481 e. The van der Waals surface area contributed by atoms with Gasteiger partial charge in [0.25, 0.3) is 0 Å². The Bertz CT molecular complexity index is 303. The van der Waals surface area contributed by atoms with Crippen LogP contribution >= 0.6 is 0 Å². The third kappa shape index (κ3) is 4.22. The topological polar surface area (TPSA) is 87.1 Å². The molecule has 0 aromatic carbocycles. The zero-order chi connectivity index (χ0) is 13.2. The van der Waals surface area contributed by atoms with Gasteiger partial charge in [0.2, 0.25) is 0 Å². The van der Waals surface area contributed by atoms with Crippen LogP contribution in [0.4, 0.5) is 4.79 Å². The highest BCUT2D eigenvalue weighted by atomic mass is 16.6. The molecule has 1 heterocycles. The molecule has 2 N–H and O–H groups in total. The molecule has 1 fully saturated rings. The van der Waals surface area contributed by atoms with Crippen LogP contribution in [-0.4, -0.2) is 52.0 Å². The summed E-state index contributed by atoms with van der Waals surface area (Å²) in [5, 5.41) is 18.0. The largest absolute Gasteiger partial charge is 0.481 e. The molecule has 0 aromatic rings. The van der Waals surface area contributed by atoms with Crippen LogP contribution in [0.5, 0.6) is 0 Å². The molecule has 1 unspecified atom stereocenters. The monoisotopic (exact) mass is 245 g/mol. The summed E-state index contributed by atoms with van der Waals surface area (Å²) in [7, 11) is 0. The molecule has 1 aliphatic heterocycles. The van der Waals surface area contributed by atoms with Crippen molar-refractivity contribution in [2.24, 2.45) is 5.92 Å². The van der Waals surface area contributed by atoms with Crippen molar-refractivity contribution in [1.82, 2.24) is 4.90 Å². The van der Waals surface area contributed by atoms with Gasteiger partial charge < -0.3 is 19.8 Å². The van der Waals surface area contributed by atoms with Gasteiger partial charge in [0.1, 0.15) is 5.60 Å². The highest BCUT2D eigenvalue weighted by Gasteiger charge is 2.38. The van der Waals surface area contributed by atoms with Crippen LogP contribution < -0.4 is 0 Å². The molecular weight excluding hydrogens is 226 g/mol. The Labute approximate surface area is 100 Å². The first-order chi connectivity index (χ1) is 7.69. The van der Waals surface area contributed by atoms with Gasteiger partial charge in [0, 0.05) is 19.0 Å². The Kier molecular flexibility index (Phi) is 3.98. The molecule has 6 heteroatoms. The number of aliphatic hydroxyl groups excluding tert-OH is 1. The number of carboxylic acids is 1. The van der Waals surface area contributed by atoms with Gasteiger partial charge in [-0.15, -0.1) is 0 Å². The first kappa shape index (κ1) is 13.8. The lowest BCUT2D eigenvalue weighted by Gasteiger charge is -2.41. The smallest absolute Gasteiger partial charge is 0.410 e. The predicted molar refractivity (Wildman–Crippen MR) is 59.6 cm³/mol. The maximum absolute atomic E-state index is 11.5. The lowest BCUT2D eigenvalue weighted by Crippen LogP contribution is -2.55. The predicted octanol–water partition coefficient (Wildman–Crippen LogP) is 0.689. The van der Waals surface area contributed by atoms with Crippen molar-refractivity contribution >= 4 is 12.1 Å². The molecule has 1 saturated heterocycles. The fourth-order valence-electron chi connectivity index (χ4n) is 1.58. The second kappa shape index (κ2) is 4.91. The molecule has 98 valence electrons. The number of carbonyl (C=O) groups is 2. The van der Waals surface area contributed by atoms with E-state index < -0.39 is 23.8 Å². The van der Waals surface area contributed by atoms with E-state index in [2.05, 4.69) is 0 Å². The number of hydrogen-bond acceptors (Lipinski definition) is 4. The first-order valence-electron chi connectivity index (χ1n) is 5.57. The van der Waals surface area contributed by atoms with E-state index in [1.54, 1.807) is 20.8 Å². The van der Waals surface area contributed by atoms with E-state index in [0.717, 1.165) is 0 Å². The average Bonchev–Trinajstić information content (AvgIpc) is 1.94. The molecule has 0 aliphatic carbocycles. The summed E-state index contributed by atoms with van der Waals surface area (Å²) in [5.74, 6) is -1.20. The Balaban J connectivity index is 2.31. The van der Waals surface area contributed by atoms with Gasteiger partial charge in [0.05, 0.1) is 12.5 Å². The van der Waals surface area contributed by atoms with Gasteiger partial charge in [-0.2, -0.15) is 0 Å². The van der Waals surface area contributed by atoms with Crippen molar-refractivity contribution in [3.8, 4) is 0 Å². The minimum absolute atomic E-state index is 0.168. The van der Waals surface area contributed by atoms with Crippen LogP contribution in [0, 0.1) is 5.92 Å². The normalized spacial score (nSPS) is 18.5. The lowest BCUT2D eigenvalue weighted by atomic mass is 9.92. The van der Waals surface area contributed by atoms with Crippen LogP contribution in [0.3, 0.4) is 0 Å². The van der Waals surface area contributed by atoms with E-state index >= 15 is 0 Å². The van der Waals surface area contributed by atoms with E-state index in [9.17, 15) is 14.7 Å². The molecule has 0 radical (unpaired) electrons. The summed E-state index contributed by atoms with van der Waals surface area (Å²) in [6.45, 7) is 6.04. The van der Waals surface area contributed by atoms with Crippen molar-refractivity contribution in [2.75, 3.05) is 13.1 Å². The second-order valence-electron chi connectivity index (χ2n) is 5.31. The van der Waals surface area contributed by atoms with Crippen molar-refractivity contribution in [3.05, 3.63) is 0 Å². The maximum atomic E-state index is 11.5. The number of aliphatic hydroxyl groups is 1. The maximum Gasteiger partial charge on any atom is 0.410 e. The number of carbonyl (C=O) groups excluding carboxylic acids is 1. The van der Waals surface area contributed by atoms with E-state index in [0.29, 0.717) is 13.1 Å². The van der Waals surface area contributed by atoms with E-state index in [1.165, 1.54) is 4.90 Å². The number of aliphatic carboxylic acids is 1. The summed E-state index contributed by atoms with van der Waals surface area (Å²) in [6.07, 6.45) is -1.60. The fourth-order valence-corrected chi connectivity index (χ4v) is 1.58. The van der Waals surface area contributed by atoms with E-state index in [4.69, 9.17) is 9.84 Å². The fraction of sp³-hybridized carbons (Fsp3) is 0.818. The quantitative estimate of drug-likeness (QED) is 0.763. The number of nitrogens with zero attached hydrogens (tertiary/aromatic N) is 1. The number of carboxylic acid groups (broad SMARTS) is 1. The molecule has 0 saturated carbocycles. The van der Waals surface area contributed by atoms with E-state index in [-0.39, 0.29) is 12.3 Å². The van der Waals surface area contributed by atoms with Crippen LogP contribution in [0.15, 0.2) is 0 Å². The SMILES string of the molecule is CC(C)(C)OC(=O)N1CC(C(O)CC(=O)O)C1. The Morgan fingerprint density at radius 2 is 1.94 bits per heavy atom. The summed E-state index contributed by atoms with van der Waals surface area (Å²) < 4.78 is 5.14. The molecule has 6 nitrogen and oxygen atoms in total. The van der Waals surface area contributed by atoms with Crippen LogP contribution in [-0.2, 0) is 9.53 Å². The molecule has 1 rings (SSSR count). The van der Waals surface area contributed by atoms with Gasteiger partial charge in [-0.25, -0.2) is 4.79 Å². The number of likely N-dealkylation sites (tertiary alicyclic amines) is 1. The molecule has 1 aliphatic rings. The highest BCUT2D eigenvalue weighted by Crippen LogP contribution is 2.23. The first-order valence-corrected chi connectivity index (χ1v) is 5.57. The average molecular weight is 245 g/mol. The molecule has 0 aromatic heterocycles. The van der Waals surface area contributed by atoms with Gasteiger partial charge in [-0.1, -0.05) is 0 Å². The molecule has 0 bridgehead atoms. The number of amides is 1. The summed E-state index contributed by atoms with van der Waals surface area (Å²) >= 11 is 0. The summed E-state index contributed by atoms with van der Waals surface area (Å²) in [4.78, 5) is 23.4. The van der Waals surface area contributed by atoms with Crippen molar-refractivity contribution in [2.45, 2.75) is 38.9 Å². The van der Waals surface area contributed by atoms with Gasteiger partial charge >= 0.3 is 12.1 Å². The zero-order valence-corrected chi connectivity index (χ0v) is 10.3. The lowest BCUT2D eigenvalue weighted by molar-refractivity contribution is -0.141. The highest BCUT2D eigenvalue weighted by molar-refractivity contribution is 5.69.